The van der Waals surface area contributed by atoms with Gasteiger partial charge in [0, 0.05) is 30.2 Å². The first-order valence-electron chi connectivity index (χ1n) is 9.65. The summed E-state index contributed by atoms with van der Waals surface area (Å²) in [7, 11) is 1.49. The highest BCUT2D eigenvalue weighted by molar-refractivity contribution is 6.31. The molecular formula is C21H22ClN3O4. The van der Waals surface area contributed by atoms with Crippen molar-refractivity contribution >= 4 is 29.1 Å². The van der Waals surface area contributed by atoms with Crippen molar-refractivity contribution in [3.8, 4) is 5.75 Å². The number of carbonyl (C=O) groups excluding carboxylic acids is 2. The van der Waals surface area contributed by atoms with Crippen molar-refractivity contribution < 1.29 is 14.3 Å². The first kappa shape index (κ1) is 19.5. The molecule has 2 N–H and O–H groups in total. The van der Waals surface area contributed by atoms with Crippen LogP contribution in [0.2, 0.25) is 5.02 Å². The topological polar surface area (TPSA) is 91.5 Å². The number of carbonyl (C=O) groups is 2. The second-order valence-corrected chi connectivity index (χ2v) is 7.87. The van der Waals surface area contributed by atoms with E-state index in [0.29, 0.717) is 41.5 Å². The Kier molecular flexibility index (Phi) is 5.32. The van der Waals surface area contributed by atoms with Gasteiger partial charge in [0.2, 0.25) is 5.91 Å². The smallest absolute Gasteiger partial charge is 0.261 e. The van der Waals surface area contributed by atoms with Gasteiger partial charge in [-0.2, -0.15) is 0 Å². The maximum absolute atomic E-state index is 13.0. The monoisotopic (exact) mass is 415 g/mol. The predicted octanol–water partition coefficient (Wildman–Crippen LogP) is 2.97. The van der Waals surface area contributed by atoms with E-state index in [1.54, 1.807) is 24.4 Å². The summed E-state index contributed by atoms with van der Waals surface area (Å²) in [5.41, 5.74) is 1.48. The summed E-state index contributed by atoms with van der Waals surface area (Å²) in [6, 6.07) is 4.87. The Morgan fingerprint density at radius 1 is 1.31 bits per heavy atom. The predicted molar refractivity (Wildman–Crippen MR) is 109 cm³/mol. The number of methoxy groups -OCH3 is 1. The van der Waals surface area contributed by atoms with Gasteiger partial charge in [-0.15, -0.1) is 0 Å². The molecule has 2 heterocycles. The molecule has 1 aliphatic carbocycles. The molecule has 152 valence electrons. The van der Waals surface area contributed by atoms with Crippen molar-refractivity contribution in [2.45, 2.75) is 32.2 Å². The molecule has 2 amide bonds. The molecule has 0 saturated heterocycles. The second-order valence-electron chi connectivity index (χ2n) is 7.43. The number of amides is 2. The number of hydrogen-bond donors (Lipinski definition) is 2. The summed E-state index contributed by atoms with van der Waals surface area (Å²) in [6.45, 7) is 0.911. The van der Waals surface area contributed by atoms with Crippen LogP contribution in [0.3, 0.4) is 0 Å². The Bertz CT molecular complexity index is 1030. The first-order valence-corrected chi connectivity index (χ1v) is 10.0. The number of nitrogens with zero attached hydrogens (tertiary/aromatic N) is 1. The van der Waals surface area contributed by atoms with Crippen LogP contribution < -0.4 is 15.6 Å². The van der Waals surface area contributed by atoms with Crippen LogP contribution in [-0.4, -0.2) is 35.4 Å². The number of halogens is 1. The minimum Gasteiger partial charge on any atom is -0.495 e. The summed E-state index contributed by atoms with van der Waals surface area (Å²) in [4.78, 5) is 42.5. The number of anilines is 1. The Hall–Kier alpha value is -2.80. The molecule has 1 saturated carbocycles. The minimum absolute atomic E-state index is 0.0697. The number of aromatic amines is 1. The van der Waals surface area contributed by atoms with Gasteiger partial charge in [0.05, 0.1) is 12.8 Å². The highest BCUT2D eigenvalue weighted by Gasteiger charge is 2.32. The third kappa shape index (κ3) is 3.74. The number of H-pyrrole nitrogens is 1. The molecule has 0 bridgehead atoms. The molecule has 29 heavy (non-hydrogen) atoms. The molecule has 4 rings (SSSR count). The van der Waals surface area contributed by atoms with E-state index < -0.39 is 11.5 Å². The van der Waals surface area contributed by atoms with Crippen molar-refractivity contribution in [2.24, 2.45) is 5.92 Å². The van der Waals surface area contributed by atoms with Crippen LogP contribution in [0.15, 0.2) is 29.2 Å². The van der Waals surface area contributed by atoms with E-state index in [1.165, 1.54) is 7.11 Å². The fourth-order valence-electron chi connectivity index (χ4n) is 3.87. The van der Waals surface area contributed by atoms with E-state index in [4.69, 9.17) is 16.3 Å². The summed E-state index contributed by atoms with van der Waals surface area (Å²) < 4.78 is 5.26. The molecule has 2 aliphatic rings. The van der Waals surface area contributed by atoms with Crippen LogP contribution in [0, 0.1) is 5.92 Å². The zero-order valence-corrected chi connectivity index (χ0v) is 16.8. The SMILES string of the molecule is COc1ccc(Cl)cc1NC(=O)c1c2c(c[nH]c1=O)CN(C(=O)C1CCC1)CC2. The highest BCUT2D eigenvalue weighted by atomic mass is 35.5. The highest BCUT2D eigenvalue weighted by Crippen LogP contribution is 2.31. The number of rotatable bonds is 4. The second kappa shape index (κ2) is 7.91. The van der Waals surface area contributed by atoms with Crippen molar-refractivity contribution in [2.75, 3.05) is 19.0 Å². The summed E-state index contributed by atoms with van der Waals surface area (Å²) in [5, 5.41) is 3.17. The van der Waals surface area contributed by atoms with Crippen LogP contribution in [0.25, 0.3) is 0 Å². The zero-order chi connectivity index (χ0) is 20.5. The van der Waals surface area contributed by atoms with Gasteiger partial charge in [0.15, 0.2) is 0 Å². The van der Waals surface area contributed by atoms with Gasteiger partial charge in [-0.3, -0.25) is 14.4 Å². The molecule has 1 aromatic heterocycles. The van der Waals surface area contributed by atoms with Crippen LogP contribution in [0.5, 0.6) is 5.75 Å². The summed E-state index contributed by atoms with van der Waals surface area (Å²) in [5.74, 6) is 0.212. The van der Waals surface area contributed by atoms with E-state index in [1.807, 2.05) is 4.90 Å². The van der Waals surface area contributed by atoms with E-state index in [-0.39, 0.29) is 17.4 Å². The maximum atomic E-state index is 13.0. The molecule has 0 spiro atoms. The standard InChI is InChI=1S/C21H22ClN3O4/c1-29-17-6-5-14(22)9-16(17)24-20(27)18-15-7-8-25(21(28)12-3-2-4-12)11-13(15)10-23-19(18)26/h5-6,9-10,12H,2-4,7-8,11H2,1H3,(H,23,26)(H,24,27). The Morgan fingerprint density at radius 2 is 2.10 bits per heavy atom. The number of fused-ring (bicyclic) bond motifs is 1. The average molecular weight is 416 g/mol. The number of benzene rings is 1. The lowest BCUT2D eigenvalue weighted by Gasteiger charge is -2.35. The summed E-state index contributed by atoms with van der Waals surface area (Å²) >= 11 is 6.03. The molecule has 8 heteroatoms. The minimum atomic E-state index is -0.526. The van der Waals surface area contributed by atoms with Crippen LogP contribution in [0.1, 0.15) is 40.7 Å². The lowest BCUT2D eigenvalue weighted by molar-refractivity contribution is -0.139. The molecule has 2 aromatic rings. The third-order valence-corrected chi connectivity index (χ3v) is 5.92. The van der Waals surface area contributed by atoms with E-state index in [9.17, 15) is 14.4 Å². The summed E-state index contributed by atoms with van der Waals surface area (Å²) in [6.07, 6.45) is 5.07. The van der Waals surface area contributed by atoms with Crippen LogP contribution in [-0.2, 0) is 17.8 Å². The molecule has 0 radical (unpaired) electrons. The molecule has 1 fully saturated rings. The average Bonchev–Trinajstić information content (AvgIpc) is 2.66. The van der Waals surface area contributed by atoms with E-state index in [2.05, 4.69) is 10.3 Å². The first-order chi connectivity index (χ1) is 14.0. The number of hydrogen-bond acceptors (Lipinski definition) is 4. The molecule has 0 atom stereocenters. The van der Waals surface area contributed by atoms with Crippen molar-refractivity contribution in [3.63, 3.8) is 0 Å². The Morgan fingerprint density at radius 3 is 2.79 bits per heavy atom. The molecule has 0 unspecified atom stereocenters. The lowest BCUT2D eigenvalue weighted by atomic mass is 9.83. The maximum Gasteiger partial charge on any atom is 0.261 e. The van der Waals surface area contributed by atoms with Gasteiger partial charge in [-0.05, 0) is 48.6 Å². The molecule has 7 nitrogen and oxygen atoms in total. The fraction of sp³-hybridized carbons (Fsp3) is 0.381. The van der Waals surface area contributed by atoms with Gasteiger partial charge < -0.3 is 19.9 Å². The van der Waals surface area contributed by atoms with Crippen LogP contribution in [0.4, 0.5) is 5.69 Å². The van der Waals surface area contributed by atoms with E-state index >= 15 is 0 Å². The Labute approximate surface area is 173 Å². The number of aromatic nitrogens is 1. The number of pyridine rings is 1. The molecular weight excluding hydrogens is 394 g/mol. The third-order valence-electron chi connectivity index (χ3n) is 5.69. The number of nitrogens with one attached hydrogen (secondary N) is 2. The lowest BCUT2D eigenvalue weighted by Crippen LogP contribution is -2.43. The number of ether oxygens (including phenoxy) is 1. The quantitative estimate of drug-likeness (QED) is 0.803. The van der Waals surface area contributed by atoms with Crippen molar-refractivity contribution in [1.82, 2.24) is 9.88 Å². The zero-order valence-electron chi connectivity index (χ0n) is 16.1. The van der Waals surface area contributed by atoms with Gasteiger partial charge >= 0.3 is 0 Å². The van der Waals surface area contributed by atoms with Gasteiger partial charge in [-0.25, -0.2) is 0 Å². The van der Waals surface area contributed by atoms with Gasteiger partial charge in [0.25, 0.3) is 11.5 Å². The van der Waals surface area contributed by atoms with Crippen LogP contribution >= 0.6 is 11.6 Å². The van der Waals surface area contributed by atoms with E-state index in [0.717, 1.165) is 24.8 Å². The molecule has 1 aromatic carbocycles. The fourth-order valence-corrected chi connectivity index (χ4v) is 4.04. The Balaban J connectivity index is 1.61. The normalized spacial score (nSPS) is 16.0. The molecule has 1 aliphatic heterocycles. The van der Waals surface area contributed by atoms with Gasteiger partial charge in [0.1, 0.15) is 11.3 Å². The largest absolute Gasteiger partial charge is 0.495 e. The van der Waals surface area contributed by atoms with Gasteiger partial charge in [-0.1, -0.05) is 18.0 Å². The van der Waals surface area contributed by atoms with Crippen molar-refractivity contribution in [1.29, 1.82) is 0 Å². The van der Waals surface area contributed by atoms with Crippen molar-refractivity contribution in [3.05, 3.63) is 56.5 Å².